The van der Waals surface area contributed by atoms with Gasteiger partial charge in [-0.1, -0.05) is 0 Å². The highest BCUT2D eigenvalue weighted by Gasteiger charge is 2.23. The molecule has 3 rings (SSSR count). The summed E-state index contributed by atoms with van der Waals surface area (Å²) in [5.41, 5.74) is 0.782. The van der Waals surface area contributed by atoms with E-state index in [-0.39, 0.29) is 0 Å². The molecule has 2 aliphatic heterocycles. The van der Waals surface area contributed by atoms with Gasteiger partial charge in [0.05, 0.1) is 0 Å². The molecule has 1 atom stereocenters. The lowest BCUT2D eigenvalue weighted by molar-refractivity contribution is 0.375. The molecule has 2 N–H and O–H groups in total. The van der Waals surface area contributed by atoms with Crippen molar-refractivity contribution in [3.63, 3.8) is 0 Å². The third kappa shape index (κ3) is 3.10. The van der Waals surface area contributed by atoms with Crippen LogP contribution in [0.3, 0.4) is 0 Å². The van der Waals surface area contributed by atoms with Crippen molar-refractivity contribution in [1.29, 1.82) is 0 Å². The normalized spacial score (nSPS) is 24.3. The van der Waals surface area contributed by atoms with Crippen LogP contribution >= 0.6 is 0 Å². The lowest BCUT2D eigenvalue weighted by Gasteiger charge is -2.35. The predicted octanol–water partition coefficient (Wildman–Crippen LogP) is 1.89. The fourth-order valence-corrected chi connectivity index (χ4v) is 3.12. The zero-order valence-corrected chi connectivity index (χ0v) is 11.5. The van der Waals surface area contributed by atoms with Crippen molar-refractivity contribution >= 4 is 5.69 Å². The molecular weight excluding hydrogens is 260 g/mol. The summed E-state index contributed by atoms with van der Waals surface area (Å²) in [6, 6.07) is 5.30. The van der Waals surface area contributed by atoms with E-state index in [1.807, 2.05) is 0 Å². The van der Waals surface area contributed by atoms with E-state index in [0.717, 1.165) is 44.7 Å². The van der Waals surface area contributed by atoms with Gasteiger partial charge in [-0.3, -0.25) is 0 Å². The fraction of sp³-hybridized carbons (Fsp3) is 0.600. The molecule has 0 amide bonds. The molecule has 0 saturated carbocycles. The molecule has 0 unspecified atom stereocenters. The van der Waals surface area contributed by atoms with Gasteiger partial charge in [-0.2, -0.15) is 0 Å². The van der Waals surface area contributed by atoms with Gasteiger partial charge in [0.25, 0.3) is 0 Å². The molecule has 20 heavy (non-hydrogen) atoms. The number of piperidine rings is 1. The molecule has 2 fully saturated rings. The summed E-state index contributed by atoms with van der Waals surface area (Å²) in [6.07, 6.45) is 3.30. The van der Waals surface area contributed by atoms with Gasteiger partial charge >= 0.3 is 0 Å². The maximum Gasteiger partial charge on any atom is 0.160 e. The molecule has 0 bridgehead atoms. The van der Waals surface area contributed by atoms with Crippen LogP contribution in [-0.2, 0) is 0 Å². The van der Waals surface area contributed by atoms with Crippen molar-refractivity contribution < 1.29 is 8.78 Å². The molecule has 5 heteroatoms. The fourth-order valence-electron chi connectivity index (χ4n) is 3.12. The highest BCUT2D eigenvalue weighted by atomic mass is 19.2. The average molecular weight is 281 g/mol. The van der Waals surface area contributed by atoms with Crippen LogP contribution in [0.2, 0.25) is 0 Å². The van der Waals surface area contributed by atoms with E-state index < -0.39 is 11.6 Å². The van der Waals surface area contributed by atoms with E-state index in [1.165, 1.54) is 18.6 Å². The van der Waals surface area contributed by atoms with Gasteiger partial charge < -0.3 is 15.5 Å². The summed E-state index contributed by atoms with van der Waals surface area (Å²) in [5.74, 6) is -1.54. The minimum absolute atomic E-state index is 0.543. The van der Waals surface area contributed by atoms with Gasteiger partial charge in [0.1, 0.15) is 0 Å². The van der Waals surface area contributed by atoms with Gasteiger partial charge in [0, 0.05) is 43.5 Å². The topological polar surface area (TPSA) is 27.3 Å². The smallest absolute Gasteiger partial charge is 0.160 e. The van der Waals surface area contributed by atoms with Crippen LogP contribution in [0.25, 0.3) is 0 Å². The number of hydrogen-bond acceptors (Lipinski definition) is 3. The zero-order chi connectivity index (χ0) is 13.9. The summed E-state index contributed by atoms with van der Waals surface area (Å²) in [6.45, 7) is 3.94. The summed E-state index contributed by atoms with van der Waals surface area (Å²) < 4.78 is 26.2. The second-order valence-corrected chi connectivity index (χ2v) is 5.72. The van der Waals surface area contributed by atoms with Crippen LogP contribution in [0.1, 0.15) is 19.3 Å². The standard InChI is InChI=1S/C15H21F2N3/c16-14-2-1-13(9-15(14)17)20-7-4-11(5-8-20)19-12-3-6-18-10-12/h1-2,9,11-12,18-19H,3-8,10H2/t12-/m0/s1. The van der Waals surface area contributed by atoms with Crippen LogP contribution in [-0.4, -0.2) is 38.3 Å². The van der Waals surface area contributed by atoms with Gasteiger partial charge in [-0.15, -0.1) is 0 Å². The second kappa shape index (κ2) is 6.06. The first kappa shape index (κ1) is 13.8. The number of nitrogens with zero attached hydrogens (tertiary/aromatic N) is 1. The Bertz CT molecular complexity index is 452. The van der Waals surface area contributed by atoms with Crippen LogP contribution in [0.15, 0.2) is 18.2 Å². The zero-order valence-electron chi connectivity index (χ0n) is 11.5. The largest absolute Gasteiger partial charge is 0.371 e. The molecule has 3 nitrogen and oxygen atoms in total. The maximum atomic E-state index is 13.3. The summed E-state index contributed by atoms with van der Waals surface area (Å²) >= 11 is 0. The van der Waals surface area contributed by atoms with Gasteiger partial charge in [0.15, 0.2) is 11.6 Å². The summed E-state index contributed by atoms with van der Waals surface area (Å²) in [7, 11) is 0. The Morgan fingerprint density at radius 3 is 2.50 bits per heavy atom. The van der Waals surface area contributed by atoms with E-state index in [9.17, 15) is 8.78 Å². The van der Waals surface area contributed by atoms with Crippen molar-refractivity contribution in [3.05, 3.63) is 29.8 Å². The molecule has 1 aromatic carbocycles. The lowest BCUT2D eigenvalue weighted by Crippen LogP contribution is -2.46. The van der Waals surface area contributed by atoms with E-state index in [2.05, 4.69) is 15.5 Å². The Labute approximate surface area is 118 Å². The number of benzene rings is 1. The molecular formula is C15H21F2N3. The predicted molar refractivity (Wildman–Crippen MR) is 76.0 cm³/mol. The van der Waals surface area contributed by atoms with Gasteiger partial charge in [-0.25, -0.2) is 8.78 Å². The third-order valence-electron chi connectivity index (χ3n) is 4.30. The molecule has 0 aliphatic carbocycles. The molecule has 0 radical (unpaired) electrons. The summed E-state index contributed by atoms with van der Waals surface area (Å²) in [5, 5.41) is 7.05. The van der Waals surface area contributed by atoms with Crippen molar-refractivity contribution in [2.24, 2.45) is 0 Å². The lowest BCUT2D eigenvalue weighted by atomic mass is 10.0. The van der Waals surface area contributed by atoms with Gasteiger partial charge in [0.2, 0.25) is 0 Å². The average Bonchev–Trinajstić information content (AvgIpc) is 2.96. The molecule has 110 valence electrons. The highest BCUT2D eigenvalue weighted by molar-refractivity contribution is 5.47. The van der Waals surface area contributed by atoms with Crippen LogP contribution in [0.5, 0.6) is 0 Å². The second-order valence-electron chi connectivity index (χ2n) is 5.72. The Morgan fingerprint density at radius 1 is 1.05 bits per heavy atom. The summed E-state index contributed by atoms with van der Waals surface area (Å²) in [4.78, 5) is 2.13. The molecule has 0 aromatic heterocycles. The third-order valence-corrected chi connectivity index (χ3v) is 4.30. The minimum Gasteiger partial charge on any atom is -0.371 e. The van der Waals surface area contributed by atoms with E-state index in [1.54, 1.807) is 6.07 Å². The van der Waals surface area contributed by atoms with Crippen LogP contribution in [0.4, 0.5) is 14.5 Å². The van der Waals surface area contributed by atoms with Crippen molar-refractivity contribution in [2.75, 3.05) is 31.1 Å². The first-order valence-electron chi connectivity index (χ1n) is 7.39. The van der Waals surface area contributed by atoms with Crippen LogP contribution in [0, 0.1) is 11.6 Å². The Balaban J connectivity index is 1.53. The number of nitrogens with one attached hydrogen (secondary N) is 2. The Kier molecular flexibility index (Phi) is 4.17. The Morgan fingerprint density at radius 2 is 1.85 bits per heavy atom. The minimum atomic E-state index is -0.779. The maximum absolute atomic E-state index is 13.3. The van der Waals surface area contributed by atoms with E-state index in [4.69, 9.17) is 0 Å². The quantitative estimate of drug-likeness (QED) is 0.886. The number of halogens is 2. The number of hydrogen-bond donors (Lipinski definition) is 2. The first-order valence-corrected chi connectivity index (χ1v) is 7.39. The van der Waals surface area contributed by atoms with Crippen molar-refractivity contribution in [2.45, 2.75) is 31.3 Å². The van der Waals surface area contributed by atoms with E-state index >= 15 is 0 Å². The molecule has 2 saturated heterocycles. The number of anilines is 1. The van der Waals surface area contributed by atoms with Crippen LogP contribution < -0.4 is 15.5 Å². The van der Waals surface area contributed by atoms with Gasteiger partial charge in [-0.05, 0) is 37.9 Å². The monoisotopic (exact) mass is 281 g/mol. The highest BCUT2D eigenvalue weighted by Crippen LogP contribution is 2.22. The SMILES string of the molecule is Fc1ccc(N2CCC(N[C@H]3CCNC3)CC2)cc1F. The van der Waals surface area contributed by atoms with E-state index in [0.29, 0.717) is 12.1 Å². The van der Waals surface area contributed by atoms with Crippen molar-refractivity contribution in [3.8, 4) is 0 Å². The number of rotatable bonds is 3. The first-order chi connectivity index (χ1) is 9.72. The van der Waals surface area contributed by atoms with Crippen molar-refractivity contribution in [1.82, 2.24) is 10.6 Å². The molecule has 0 spiro atoms. The Hall–Kier alpha value is -1.20. The molecule has 1 aromatic rings. The molecule has 2 heterocycles. The molecule has 2 aliphatic rings.